The van der Waals surface area contributed by atoms with Crippen molar-refractivity contribution < 1.29 is 0 Å². The predicted octanol–water partition coefficient (Wildman–Crippen LogP) is 2.19. The lowest BCUT2D eigenvalue weighted by Gasteiger charge is -2.01. The van der Waals surface area contributed by atoms with Gasteiger partial charge in [0.1, 0.15) is 0 Å². The molecule has 0 aliphatic carbocycles. The van der Waals surface area contributed by atoms with Crippen LogP contribution in [0.3, 0.4) is 0 Å². The average molecular weight is 159 g/mol. The average Bonchev–Trinajstić information content (AvgIpc) is 2.16. The van der Waals surface area contributed by atoms with Crippen LogP contribution in [0.15, 0.2) is 12.1 Å². The van der Waals surface area contributed by atoms with E-state index in [4.69, 9.17) is 6.42 Å². The molecule has 0 saturated heterocycles. The number of hydrogen-bond acceptors (Lipinski definition) is 1. The highest BCUT2D eigenvalue weighted by molar-refractivity contribution is 5.34. The topological polar surface area (TPSA) is 12.9 Å². The second-order valence-corrected chi connectivity index (χ2v) is 2.69. The van der Waals surface area contributed by atoms with Crippen LogP contribution in [0.1, 0.15) is 30.8 Å². The van der Waals surface area contributed by atoms with Crippen molar-refractivity contribution in [2.45, 2.75) is 26.7 Å². The Labute approximate surface area is 73.8 Å². The van der Waals surface area contributed by atoms with Gasteiger partial charge in [-0.25, -0.2) is 0 Å². The number of hydrogen-bond donors (Lipinski definition) is 0. The number of terminal acetylenes is 1. The first kappa shape index (κ1) is 8.80. The third-order valence-electron chi connectivity index (χ3n) is 1.82. The monoisotopic (exact) mass is 159 g/mol. The first-order valence-electron chi connectivity index (χ1n) is 4.26. The number of rotatable bonds is 2. The molecule has 0 aromatic carbocycles. The maximum atomic E-state index is 5.32. The minimum atomic E-state index is 0.943. The summed E-state index contributed by atoms with van der Waals surface area (Å²) in [6, 6.07) is 3.94. The lowest BCUT2D eigenvalue weighted by Crippen LogP contribution is -1.94. The van der Waals surface area contributed by atoms with Crippen molar-refractivity contribution in [3.8, 4) is 12.3 Å². The highest BCUT2D eigenvalue weighted by atomic mass is 14.7. The molecule has 0 radical (unpaired) electrons. The Kier molecular flexibility index (Phi) is 2.88. The van der Waals surface area contributed by atoms with Crippen LogP contribution in [0.4, 0.5) is 0 Å². The van der Waals surface area contributed by atoms with Crippen molar-refractivity contribution in [1.29, 1.82) is 0 Å². The molecule has 0 aliphatic heterocycles. The molecule has 12 heavy (non-hydrogen) atoms. The van der Waals surface area contributed by atoms with Crippen LogP contribution in [0.5, 0.6) is 0 Å². The molecule has 0 amide bonds. The maximum Gasteiger partial charge on any atom is 0.0416 e. The van der Waals surface area contributed by atoms with Crippen LogP contribution in [0.2, 0.25) is 0 Å². The Bertz CT molecular complexity index is 285. The SMILES string of the molecule is C#Cc1cc(CC)nc(CC)c1. The third-order valence-corrected chi connectivity index (χ3v) is 1.82. The zero-order valence-electron chi connectivity index (χ0n) is 7.59. The minimum Gasteiger partial charge on any atom is -0.258 e. The second kappa shape index (κ2) is 3.92. The summed E-state index contributed by atoms with van der Waals surface area (Å²) in [6.45, 7) is 4.17. The summed E-state index contributed by atoms with van der Waals surface area (Å²) in [5.41, 5.74) is 3.11. The highest BCUT2D eigenvalue weighted by Crippen LogP contribution is 2.06. The number of pyridine rings is 1. The van der Waals surface area contributed by atoms with Gasteiger partial charge in [-0.2, -0.15) is 0 Å². The quantitative estimate of drug-likeness (QED) is 0.603. The molecule has 1 nitrogen and oxygen atoms in total. The van der Waals surface area contributed by atoms with Crippen LogP contribution >= 0.6 is 0 Å². The number of aromatic nitrogens is 1. The van der Waals surface area contributed by atoms with Gasteiger partial charge in [0.15, 0.2) is 0 Å². The zero-order chi connectivity index (χ0) is 8.97. The van der Waals surface area contributed by atoms with Gasteiger partial charge in [0, 0.05) is 17.0 Å². The van der Waals surface area contributed by atoms with E-state index in [-0.39, 0.29) is 0 Å². The van der Waals surface area contributed by atoms with E-state index < -0.39 is 0 Å². The molecule has 1 aromatic rings. The van der Waals surface area contributed by atoms with Crippen molar-refractivity contribution in [3.05, 3.63) is 29.1 Å². The summed E-state index contributed by atoms with van der Waals surface area (Å²) >= 11 is 0. The third kappa shape index (κ3) is 1.85. The molecule has 0 unspecified atom stereocenters. The Morgan fingerprint density at radius 2 is 1.75 bits per heavy atom. The van der Waals surface area contributed by atoms with Crippen molar-refractivity contribution in [3.63, 3.8) is 0 Å². The molecule has 62 valence electrons. The fourth-order valence-electron chi connectivity index (χ4n) is 1.10. The lowest BCUT2D eigenvalue weighted by atomic mass is 10.1. The summed E-state index contributed by atoms with van der Waals surface area (Å²) < 4.78 is 0. The Hall–Kier alpha value is -1.29. The van der Waals surface area contributed by atoms with Crippen molar-refractivity contribution in [2.24, 2.45) is 0 Å². The molecule has 0 aliphatic rings. The van der Waals surface area contributed by atoms with Gasteiger partial charge in [-0.1, -0.05) is 19.8 Å². The normalized spacial score (nSPS) is 9.42. The van der Waals surface area contributed by atoms with Gasteiger partial charge in [-0.15, -0.1) is 6.42 Å². The largest absolute Gasteiger partial charge is 0.258 e. The molecule has 1 heteroatoms. The zero-order valence-corrected chi connectivity index (χ0v) is 7.59. The van der Waals surface area contributed by atoms with E-state index >= 15 is 0 Å². The fourth-order valence-corrected chi connectivity index (χ4v) is 1.10. The van der Waals surface area contributed by atoms with E-state index in [2.05, 4.69) is 24.8 Å². The summed E-state index contributed by atoms with van der Waals surface area (Å²) in [7, 11) is 0. The minimum absolute atomic E-state index is 0.943. The van der Waals surface area contributed by atoms with Crippen LogP contribution in [-0.4, -0.2) is 4.98 Å². The molecule has 0 spiro atoms. The molecule has 0 atom stereocenters. The van der Waals surface area contributed by atoms with Crippen LogP contribution in [0.25, 0.3) is 0 Å². The summed E-state index contributed by atoms with van der Waals surface area (Å²) in [4.78, 5) is 4.42. The van der Waals surface area contributed by atoms with Crippen molar-refractivity contribution in [2.75, 3.05) is 0 Å². The lowest BCUT2D eigenvalue weighted by molar-refractivity contribution is 0.952. The van der Waals surface area contributed by atoms with Crippen LogP contribution in [-0.2, 0) is 12.8 Å². The standard InChI is InChI=1S/C11H13N/c1-4-9-7-10(5-2)12-11(6-3)8-9/h1,7-8H,5-6H2,2-3H3. The maximum absolute atomic E-state index is 5.32. The van der Waals surface area contributed by atoms with E-state index in [9.17, 15) is 0 Å². The van der Waals surface area contributed by atoms with Gasteiger partial charge in [0.05, 0.1) is 0 Å². The van der Waals surface area contributed by atoms with Gasteiger partial charge in [-0.05, 0) is 25.0 Å². The molecule has 0 bridgehead atoms. The molecule has 0 N–H and O–H groups in total. The van der Waals surface area contributed by atoms with E-state index in [1.165, 1.54) is 0 Å². The fraction of sp³-hybridized carbons (Fsp3) is 0.364. The van der Waals surface area contributed by atoms with E-state index in [0.29, 0.717) is 0 Å². The number of nitrogens with zero attached hydrogens (tertiary/aromatic N) is 1. The number of aryl methyl sites for hydroxylation is 2. The highest BCUT2D eigenvalue weighted by Gasteiger charge is 1.97. The molecule has 1 rings (SSSR count). The van der Waals surface area contributed by atoms with E-state index in [1.54, 1.807) is 0 Å². The molecule has 0 saturated carbocycles. The Balaban J connectivity index is 3.12. The molecular formula is C11H13N. The first-order valence-corrected chi connectivity index (χ1v) is 4.26. The second-order valence-electron chi connectivity index (χ2n) is 2.69. The van der Waals surface area contributed by atoms with Crippen LogP contribution in [0, 0.1) is 12.3 Å². The predicted molar refractivity (Wildman–Crippen MR) is 50.9 cm³/mol. The summed E-state index contributed by atoms with van der Waals surface area (Å²) in [6.07, 6.45) is 7.21. The smallest absolute Gasteiger partial charge is 0.0416 e. The molecular weight excluding hydrogens is 146 g/mol. The van der Waals surface area contributed by atoms with Gasteiger partial charge >= 0.3 is 0 Å². The van der Waals surface area contributed by atoms with E-state index in [0.717, 1.165) is 29.8 Å². The summed E-state index contributed by atoms with van der Waals surface area (Å²) in [5, 5.41) is 0. The Morgan fingerprint density at radius 3 is 2.08 bits per heavy atom. The van der Waals surface area contributed by atoms with Crippen molar-refractivity contribution in [1.82, 2.24) is 4.98 Å². The summed E-state index contributed by atoms with van der Waals surface area (Å²) in [5.74, 6) is 2.64. The Morgan fingerprint density at radius 1 is 1.25 bits per heavy atom. The molecule has 1 aromatic heterocycles. The first-order chi connectivity index (χ1) is 5.80. The molecule has 0 fully saturated rings. The van der Waals surface area contributed by atoms with Gasteiger partial charge < -0.3 is 0 Å². The van der Waals surface area contributed by atoms with Crippen LogP contribution < -0.4 is 0 Å². The van der Waals surface area contributed by atoms with Gasteiger partial charge in [0.2, 0.25) is 0 Å². The van der Waals surface area contributed by atoms with E-state index in [1.807, 2.05) is 12.1 Å². The molecule has 1 heterocycles. The van der Waals surface area contributed by atoms with Gasteiger partial charge in [0.25, 0.3) is 0 Å². The van der Waals surface area contributed by atoms with Crippen molar-refractivity contribution >= 4 is 0 Å². The van der Waals surface area contributed by atoms with Gasteiger partial charge in [-0.3, -0.25) is 4.98 Å².